The molecule has 1 saturated carbocycles. The van der Waals surface area contributed by atoms with Crippen LogP contribution in [0.1, 0.15) is 31.2 Å². The zero-order chi connectivity index (χ0) is 11.0. The van der Waals surface area contributed by atoms with Crippen LogP contribution in [0, 0.1) is 5.92 Å². The first-order valence-electron chi connectivity index (χ1n) is 6.19. The molecule has 1 fully saturated rings. The zero-order valence-corrected chi connectivity index (χ0v) is 9.41. The highest BCUT2D eigenvalue weighted by molar-refractivity contribution is 5.79. The molecule has 1 aromatic carbocycles. The third kappa shape index (κ3) is 1.73. The average Bonchev–Trinajstić information content (AvgIpc) is 2.73. The summed E-state index contributed by atoms with van der Waals surface area (Å²) >= 11 is 0. The molecule has 1 heterocycles. The Hall–Kier alpha value is -1.31. The fourth-order valence-electron chi connectivity index (χ4n) is 2.98. The molecule has 84 valence electrons. The Morgan fingerprint density at radius 1 is 1.12 bits per heavy atom. The second-order valence-corrected chi connectivity index (χ2v) is 4.99. The number of hydrogen-bond donors (Lipinski definition) is 1. The molecule has 0 saturated heterocycles. The van der Waals surface area contributed by atoms with E-state index in [0.717, 1.165) is 32.1 Å². The van der Waals surface area contributed by atoms with E-state index < -0.39 is 0 Å². The first-order chi connectivity index (χ1) is 7.83. The van der Waals surface area contributed by atoms with Crippen molar-refractivity contribution >= 4 is 11.5 Å². The molecule has 1 unspecified atom stereocenters. The van der Waals surface area contributed by atoms with Gasteiger partial charge in [0, 0.05) is 24.6 Å². The number of hydrogen-bond acceptors (Lipinski definition) is 2. The minimum Gasteiger partial charge on any atom is -0.381 e. The fourth-order valence-corrected chi connectivity index (χ4v) is 2.98. The van der Waals surface area contributed by atoms with E-state index in [1.165, 1.54) is 11.3 Å². The molecule has 2 aliphatic rings. The molecule has 2 nitrogen and oxygen atoms in total. The molecular formula is C14H17NO. The van der Waals surface area contributed by atoms with Crippen LogP contribution in [0.15, 0.2) is 24.3 Å². The summed E-state index contributed by atoms with van der Waals surface area (Å²) in [6.07, 6.45) is 4.86. The lowest BCUT2D eigenvalue weighted by Crippen LogP contribution is -2.30. The number of para-hydroxylation sites is 1. The molecule has 0 amide bonds. The third-order valence-electron chi connectivity index (χ3n) is 3.96. The lowest BCUT2D eigenvalue weighted by atomic mass is 9.82. The molecule has 1 N–H and O–H groups in total. The van der Waals surface area contributed by atoms with Crippen LogP contribution in [0.5, 0.6) is 0 Å². The lowest BCUT2D eigenvalue weighted by molar-refractivity contribution is -0.121. The Morgan fingerprint density at radius 3 is 2.62 bits per heavy atom. The topological polar surface area (TPSA) is 29.1 Å². The fraction of sp³-hybridized carbons (Fsp3) is 0.500. The highest BCUT2D eigenvalue weighted by Gasteiger charge is 2.30. The molecule has 2 heteroatoms. The van der Waals surface area contributed by atoms with E-state index in [2.05, 4.69) is 29.6 Å². The van der Waals surface area contributed by atoms with Gasteiger partial charge in [-0.05, 0) is 36.8 Å². The van der Waals surface area contributed by atoms with Gasteiger partial charge in [0.05, 0.1) is 0 Å². The van der Waals surface area contributed by atoms with E-state index in [-0.39, 0.29) is 0 Å². The molecule has 0 spiro atoms. The van der Waals surface area contributed by atoms with Crippen molar-refractivity contribution in [2.45, 2.75) is 38.1 Å². The molecular weight excluding hydrogens is 198 g/mol. The number of benzene rings is 1. The van der Waals surface area contributed by atoms with Gasteiger partial charge in [0.25, 0.3) is 0 Å². The summed E-state index contributed by atoms with van der Waals surface area (Å²) in [7, 11) is 0. The lowest BCUT2D eigenvalue weighted by Gasteiger charge is -2.27. The van der Waals surface area contributed by atoms with Crippen LogP contribution in [0.4, 0.5) is 5.69 Å². The summed E-state index contributed by atoms with van der Waals surface area (Å²) in [5.74, 6) is 1.14. The summed E-state index contributed by atoms with van der Waals surface area (Å²) in [5, 5.41) is 3.61. The number of rotatable bonds is 1. The van der Waals surface area contributed by atoms with Crippen LogP contribution in [0.2, 0.25) is 0 Å². The van der Waals surface area contributed by atoms with E-state index in [1.54, 1.807) is 0 Å². The number of nitrogens with one attached hydrogen (secondary N) is 1. The molecule has 1 aromatic rings. The molecule has 16 heavy (non-hydrogen) atoms. The highest BCUT2D eigenvalue weighted by atomic mass is 16.1. The van der Waals surface area contributed by atoms with Crippen LogP contribution in [0.25, 0.3) is 0 Å². The summed E-state index contributed by atoms with van der Waals surface area (Å²) in [5.41, 5.74) is 2.73. The van der Waals surface area contributed by atoms with Gasteiger partial charge >= 0.3 is 0 Å². The maximum absolute atomic E-state index is 11.2. The van der Waals surface area contributed by atoms with Crippen LogP contribution < -0.4 is 5.32 Å². The van der Waals surface area contributed by atoms with Crippen LogP contribution in [-0.4, -0.2) is 11.8 Å². The summed E-state index contributed by atoms with van der Waals surface area (Å²) in [6, 6.07) is 9.11. The SMILES string of the molecule is O=C1CCC(C2Cc3ccccc3N2)CC1. The monoisotopic (exact) mass is 215 g/mol. The second-order valence-electron chi connectivity index (χ2n) is 4.99. The summed E-state index contributed by atoms with van der Waals surface area (Å²) in [6.45, 7) is 0. The maximum atomic E-state index is 11.2. The standard InChI is InChI=1S/C14H17NO/c16-12-7-5-10(6-8-12)14-9-11-3-1-2-4-13(11)15-14/h1-4,10,14-15H,5-9H2. The van der Waals surface area contributed by atoms with Crippen LogP contribution >= 0.6 is 0 Å². The minimum absolute atomic E-state index is 0.451. The van der Waals surface area contributed by atoms with Gasteiger partial charge in [-0.1, -0.05) is 18.2 Å². The smallest absolute Gasteiger partial charge is 0.132 e. The number of ketones is 1. The predicted molar refractivity (Wildman–Crippen MR) is 64.5 cm³/mol. The van der Waals surface area contributed by atoms with Gasteiger partial charge in [-0.25, -0.2) is 0 Å². The van der Waals surface area contributed by atoms with Crippen molar-refractivity contribution in [1.82, 2.24) is 0 Å². The number of Topliss-reactive ketones (excluding diaryl/α,β-unsaturated/α-hetero) is 1. The van der Waals surface area contributed by atoms with E-state index in [0.29, 0.717) is 17.7 Å². The van der Waals surface area contributed by atoms with Gasteiger partial charge in [0.1, 0.15) is 5.78 Å². The minimum atomic E-state index is 0.451. The Kier molecular flexibility index (Phi) is 2.43. The van der Waals surface area contributed by atoms with Crippen molar-refractivity contribution in [2.75, 3.05) is 5.32 Å². The van der Waals surface area contributed by atoms with Gasteiger partial charge < -0.3 is 5.32 Å². The Balaban J connectivity index is 1.69. The van der Waals surface area contributed by atoms with Crippen molar-refractivity contribution in [2.24, 2.45) is 5.92 Å². The van der Waals surface area contributed by atoms with Gasteiger partial charge in [0.15, 0.2) is 0 Å². The average molecular weight is 215 g/mol. The Bertz CT molecular complexity index is 378. The normalized spacial score (nSPS) is 25.2. The largest absolute Gasteiger partial charge is 0.381 e. The predicted octanol–water partition coefficient (Wildman–Crippen LogP) is 2.78. The van der Waals surface area contributed by atoms with E-state index in [4.69, 9.17) is 0 Å². The number of carbonyl (C=O) groups is 1. The third-order valence-corrected chi connectivity index (χ3v) is 3.96. The van der Waals surface area contributed by atoms with Crippen molar-refractivity contribution < 1.29 is 4.79 Å². The first kappa shape index (κ1) is 9.88. The molecule has 0 radical (unpaired) electrons. The first-order valence-corrected chi connectivity index (χ1v) is 6.19. The number of anilines is 1. The van der Waals surface area contributed by atoms with E-state index in [9.17, 15) is 4.79 Å². The second kappa shape index (κ2) is 3.93. The summed E-state index contributed by atoms with van der Waals surface area (Å²) in [4.78, 5) is 11.2. The van der Waals surface area contributed by atoms with Gasteiger partial charge in [-0.15, -0.1) is 0 Å². The molecule has 0 aromatic heterocycles. The number of fused-ring (bicyclic) bond motifs is 1. The van der Waals surface area contributed by atoms with Crippen molar-refractivity contribution in [3.63, 3.8) is 0 Å². The van der Waals surface area contributed by atoms with Crippen molar-refractivity contribution in [3.8, 4) is 0 Å². The quantitative estimate of drug-likeness (QED) is 0.780. The van der Waals surface area contributed by atoms with E-state index >= 15 is 0 Å². The Labute approximate surface area is 96.1 Å². The van der Waals surface area contributed by atoms with Crippen LogP contribution in [-0.2, 0) is 11.2 Å². The molecule has 1 aliphatic heterocycles. The van der Waals surface area contributed by atoms with Gasteiger partial charge in [0.2, 0.25) is 0 Å². The number of carbonyl (C=O) groups excluding carboxylic acids is 1. The maximum Gasteiger partial charge on any atom is 0.132 e. The molecule has 1 aliphatic carbocycles. The van der Waals surface area contributed by atoms with Gasteiger partial charge in [-0.3, -0.25) is 4.79 Å². The molecule has 1 atom stereocenters. The van der Waals surface area contributed by atoms with Crippen LogP contribution in [0.3, 0.4) is 0 Å². The molecule has 3 rings (SSSR count). The van der Waals surface area contributed by atoms with Gasteiger partial charge in [-0.2, -0.15) is 0 Å². The molecule has 0 bridgehead atoms. The Morgan fingerprint density at radius 2 is 1.88 bits per heavy atom. The highest BCUT2D eigenvalue weighted by Crippen LogP contribution is 2.34. The van der Waals surface area contributed by atoms with Crippen molar-refractivity contribution in [3.05, 3.63) is 29.8 Å². The summed E-state index contributed by atoms with van der Waals surface area (Å²) < 4.78 is 0. The zero-order valence-electron chi connectivity index (χ0n) is 9.41. The van der Waals surface area contributed by atoms with Crippen molar-refractivity contribution in [1.29, 1.82) is 0 Å². The van der Waals surface area contributed by atoms with E-state index in [1.807, 2.05) is 0 Å².